The van der Waals surface area contributed by atoms with E-state index in [9.17, 15) is 13.2 Å². The minimum absolute atomic E-state index is 0.0611. The quantitative estimate of drug-likeness (QED) is 0.786. The maximum atomic E-state index is 12.4. The van der Waals surface area contributed by atoms with Crippen LogP contribution in [0.25, 0.3) is 11.1 Å². The highest BCUT2D eigenvalue weighted by molar-refractivity contribution is 7.71. The molecule has 2 aromatic rings. The third kappa shape index (κ3) is 2.52. The van der Waals surface area contributed by atoms with E-state index in [1.807, 2.05) is 0 Å². The van der Waals surface area contributed by atoms with Crippen molar-refractivity contribution in [1.82, 2.24) is 9.97 Å². The van der Waals surface area contributed by atoms with Gasteiger partial charge in [0.05, 0.1) is 0 Å². The number of H-pyrrole nitrogens is 1. The average molecular weight is 256 g/mol. The minimum Gasteiger partial charge on any atom is -0.342 e. The molecule has 0 aliphatic heterocycles. The van der Waals surface area contributed by atoms with E-state index in [2.05, 4.69) is 9.97 Å². The molecule has 0 amide bonds. The summed E-state index contributed by atoms with van der Waals surface area (Å²) in [6.07, 6.45) is -1.30. The Bertz CT molecular complexity index is 575. The van der Waals surface area contributed by atoms with Gasteiger partial charge in [0.15, 0.2) is 0 Å². The van der Waals surface area contributed by atoms with E-state index in [4.69, 9.17) is 12.2 Å². The molecule has 1 N–H and O–H groups in total. The van der Waals surface area contributed by atoms with E-state index in [0.717, 1.165) is 11.6 Å². The molecule has 17 heavy (non-hydrogen) atoms. The molecule has 0 aliphatic carbocycles. The Morgan fingerprint density at radius 1 is 1.06 bits per heavy atom. The number of nitrogens with zero attached hydrogens (tertiary/aromatic N) is 1. The van der Waals surface area contributed by atoms with Crippen molar-refractivity contribution in [2.45, 2.75) is 6.18 Å². The van der Waals surface area contributed by atoms with Gasteiger partial charge in [0, 0.05) is 18.0 Å². The molecule has 0 radical (unpaired) electrons. The number of aromatic amines is 1. The SMILES string of the molecule is FC(F)(F)c1ccc(-c2ccncc2)c(=S)[nH]1. The zero-order valence-electron chi connectivity index (χ0n) is 8.45. The van der Waals surface area contributed by atoms with Crippen molar-refractivity contribution in [3.05, 3.63) is 47.0 Å². The van der Waals surface area contributed by atoms with Crippen LogP contribution in [0, 0.1) is 4.64 Å². The summed E-state index contributed by atoms with van der Waals surface area (Å²) < 4.78 is 37.3. The maximum absolute atomic E-state index is 12.4. The summed E-state index contributed by atoms with van der Waals surface area (Å²) in [6, 6.07) is 5.71. The molecule has 2 heterocycles. The van der Waals surface area contributed by atoms with Crippen LogP contribution in [0.15, 0.2) is 36.7 Å². The van der Waals surface area contributed by atoms with Crippen LogP contribution in [0.5, 0.6) is 0 Å². The Morgan fingerprint density at radius 3 is 2.24 bits per heavy atom. The van der Waals surface area contributed by atoms with Gasteiger partial charge in [-0.25, -0.2) is 0 Å². The summed E-state index contributed by atoms with van der Waals surface area (Å²) >= 11 is 4.91. The lowest BCUT2D eigenvalue weighted by molar-refractivity contribution is -0.141. The lowest BCUT2D eigenvalue weighted by Crippen LogP contribution is -2.07. The first-order valence-electron chi connectivity index (χ1n) is 4.69. The van der Waals surface area contributed by atoms with Gasteiger partial charge in [0.25, 0.3) is 0 Å². The number of pyridine rings is 2. The molecule has 0 bridgehead atoms. The number of alkyl halides is 3. The van der Waals surface area contributed by atoms with Crippen molar-refractivity contribution >= 4 is 12.2 Å². The zero-order valence-corrected chi connectivity index (χ0v) is 9.27. The van der Waals surface area contributed by atoms with Gasteiger partial charge in [-0.15, -0.1) is 0 Å². The van der Waals surface area contributed by atoms with Gasteiger partial charge in [-0.3, -0.25) is 4.98 Å². The predicted molar refractivity (Wildman–Crippen MR) is 59.9 cm³/mol. The second-order valence-electron chi connectivity index (χ2n) is 3.35. The van der Waals surface area contributed by atoms with Crippen LogP contribution in [0.4, 0.5) is 13.2 Å². The van der Waals surface area contributed by atoms with Crippen molar-refractivity contribution < 1.29 is 13.2 Å². The smallest absolute Gasteiger partial charge is 0.342 e. The summed E-state index contributed by atoms with van der Waals surface area (Å²) in [7, 11) is 0. The first-order valence-corrected chi connectivity index (χ1v) is 5.10. The Morgan fingerprint density at radius 2 is 1.71 bits per heavy atom. The van der Waals surface area contributed by atoms with E-state index in [0.29, 0.717) is 5.56 Å². The molecule has 88 valence electrons. The molecule has 2 nitrogen and oxygen atoms in total. The van der Waals surface area contributed by atoms with E-state index in [-0.39, 0.29) is 4.64 Å². The lowest BCUT2D eigenvalue weighted by atomic mass is 10.1. The molecule has 0 fully saturated rings. The molecule has 0 atom stereocenters. The summed E-state index contributed by atoms with van der Waals surface area (Å²) in [5, 5.41) is 0. The summed E-state index contributed by atoms with van der Waals surface area (Å²) in [5.74, 6) is 0. The fourth-order valence-corrected chi connectivity index (χ4v) is 1.69. The van der Waals surface area contributed by atoms with Gasteiger partial charge >= 0.3 is 6.18 Å². The summed E-state index contributed by atoms with van der Waals surface area (Å²) in [6.45, 7) is 0. The Kier molecular flexibility index (Phi) is 2.97. The average Bonchev–Trinajstić information content (AvgIpc) is 2.29. The zero-order chi connectivity index (χ0) is 12.5. The highest BCUT2D eigenvalue weighted by atomic mass is 32.1. The lowest BCUT2D eigenvalue weighted by Gasteiger charge is -2.08. The van der Waals surface area contributed by atoms with Crippen molar-refractivity contribution in [2.75, 3.05) is 0 Å². The number of hydrogen-bond donors (Lipinski definition) is 1. The third-order valence-corrected chi connectivity index (χ3v) is 2.53. The standard InChI is InChI=1S/C11H7F3N2S/c12-11(13,14)9-2-1-8(10(17)16-9)7-3-5-15-6-4-7/h1-6H,(H,16,17). The predicted octanol–water partition coefficient (Wildman–Crippen LogP) is 3.82. The summed E-state index contributed by atoms with van der Waals surface area (Å²) in [4.78, 5) is 6.02. The molecule has 0 aromatic carbocycles. The van der Waals surface area contributed by atoms with Crippen LogP contribution in [0.3, 0.4) is 0 Å². The van der Waals surface area contributed by atoms with Crippen LogP contribution < -0.4 is 0 Å². The molecular formula is C11H7F3N2S. The summed E-state index contributed by atoms with van der Waals surface area (Å²) in [5.41, 5.74) is 0.436. The molecule has 2 rings (SSSR count). The van der Waals surface area contributed by atoms with Crippen LogP contribution in [0.1, 0.15) is 5.69 Å². The fourth-order valence-electron chi connectivity index (χ4n) is 1.40. The van der Waals surface area contributed by atoms with E-state index >= 15 is 0 Å². The van der Waals surface area contributed by atoms with Gasteiger partial charge < -0.3 is 4.98 Å². The molecular weight excluding hydrogens is 249 g/mol. The molecule has 0 saturated carbocycles. The van der Waals surface area contributed by atoms with Crippen molar-refractivity contribution in [3.8, 4) is 11.1 Å². The first-order chi connectivity index (χ1) is 7.98. The van der Waals surface area contributed by atoms with Gasteiger partial charge in [0.1, 0.15) is 10.3 Å². The Balaban J connectivity index is 2.51. The van der Waals surface area contributed by atoms with Crippen LogP contribution >= 0.6 is 12.2 Å². The molecule has 0 saturated heterocycles. The molecule has 0 aliphatic rings. The second kappa shape index (κ2) is 4.29. The second-order valence-corrected chi connectivity index (χ2v) is 3.76. The van der Waals surface area contributed by atoms with Crippen LogP contribution in [0.2, 0.25) is 0 Å². The number of halogens is 3. The van der Waals surface area contributed by atoms with Crippen molar-refractivity contribution in [2.24, 2.45) is 0 Å². The third-order valence-electron chi connectivity index (χ3n) is 2.21. The monoisotopic (exact) mass is 256 g/mol. The number of rotatable bonds is 1. The number of aromatic nitrogens is 2. The number of nitrogens with one attached hydrogen (secondary N) is 1. The van der Waals surface area contributed by atoms with Gasteiger partial charge in [-0.2, -0.15) is 13.2 Å². The number of hydrogen-bond acceptors (Lipinski definition) is 2. The highest BCUT2D eigenvalue weighted by Gasteiger charge is 2.31. The van der Waals surface area contributed by atoms with Crippen LogP contribution in [-0.2, 0) is 6.18 Å². The van der Waals surface area contributed by atoms with Crippen molar-refractivity contribution in [3.63, 3.8) is 0 Å². The molecule has 0 spiro atoms. The maximum Gasteiger partial charge on any atom is 0.431 e. The molecule has 0 unspecified atom stereocenters. The van der Waals surface area contributed by atoms with E-state index < -0.39 is 11.9 Å². The van der Waals surface area contributed by atoms with E-state index in [1.165, 1.54) is 6.07 Å². The topological polar surface area (TPSA) is 28.7 Å². The van der Waals surface area contributed by atoms with E-state index in [1.54, 1.807) is 24.5 Å². The first kappa shape index (κ1) is 11.8. The van der Waals surface area contributed by atoms with Crippen LogP contribution in [-0.4, -0.2) is 9.97 Å². The normalized spacial score (nSPS) is 11.5. The Labute approximate surface area is 100 Å². The Hall–Kier alpha value is -1.69. The largest absolute Gasteiger partial charge is 0.431 e. The van der Waals surface area contributed by atoms with Crippen molar-refractivity contribution in [1.29, 1.82) is 0 Å². The molecule has 6 heteroatoms. The highest BCUT2D eigenvalue weighted by Crippen LogP contribution is 2.29. The van der Waals surface area contributed by atoms with Gasteiger partial charge in [-0.05, 0) is 29.8 Å². The molecule has 2 aromatic heterocycles. The minimum atomic E-state index is -4.41. The fraction of sp³-hybridized carbons (Fsp3) is 0.0909. The van der Waals surface area contributed by atoms with Gasteiger partial charge in [-0.1, -0.05) is 12.2 Å². The van der Waals surface area contributed by atoms with Gasteiger partial charge in [0.2, 0.25) is 0 Å².